The van der Waals surface area contributed by atoms with Gasteiger partial charge in [0.1, 0.15) is 0 Å². The predicted octanol–water partition coefficient (Wildman–Crippen LogP) is 2.55. The van der Waals surface area contributed by atoms with Gasteiger partial charge in [0.2, 0.25) is 5.91 Å². The first-order valence-electron chi connectivity index (χ1n) is 7.74. The van der Waals surface area contributed by atoms with Crippen LogP contribution in [0.5, 0.6) is 0 Å². The number of thioether (sulfide) groups is 1. The molecule has 1 aromatic heterocycles. The molecule has 0 saturated heterocycles. The van der Waals surface area contributed by atoms with Gasteiger partial charge in [-0.3, -0.25) is 4.79 Å². The van der Waals surface area contributed by atoms with Crippen molar-refractivity contribution in [3.63, 3.8) is 0 Å². The zero-order valence-corrected chi connectivity index (χ0v) is 15.2. The number of nitrogens with one attached hydrogen (secondary N) is 2. The lowest BCUT2D eigenvalue weighted by Gasteiger charge is -2.14. The van der Waals surface area contributed by atoms with Crippen LogP contribution in [0.25, 0.3) is 0 Å². The number of urea groups is 1. The molecule has 1 aromatic carbocycles. The van der Waals surface area contributed by atoms with Gasteiger partial charge in [0, 0.05) is 17.1 Å². The van der Waals surface area contributed by atoms with Crippen LogP contribution in [-0.4, -0.2) is 27.7 Å². The van der Waals surface area contributed by atoms with Crippen molar-refractivity contribution < 1.29 is 9.59 Å². The summed E-state index contributed by atoms with van der Waals surface area (Å²) in [6.45, 7) is 5.70. The van der Waals surface area contributed by atoms with Crippen molar-refractivity contribution in [3.05, 3.63) is 47.3 Å². The number of nitrogens with zero attached hydrogens (tertiary/aromatic N) is 2. The second kappa shape index (κ2) is 8.48. The van der Waals surface area contributed by atoms with Crippen LogP contribution >= 0.6 is 11.8 Å². The SMILES string of the molecule is Cc1cc(C)nc(SCC(=O)N[C@@H](C)c2ccc(NC(N)=O)cc2)n1. The van der Waals surface area contributed by atoms with E-state index < -0.39 is 6.03 Å². The van der Waals surface area contributed by atoms with Crippen molar-refractivity contribution in [3.8, 4) is 0 Å². The van der Waals surface area contributed by atoms with E-state index >= 15 is 0 Å². The highest BCUT2D eigenvalue weighted by Gasteiger charge is 2.11. The maximum absolute atomic E-state index is 12.1. The smallest absolute Gasteiger partial charge is 0.316 e. The minimum atomic E-state index is -0.611. The lowest BCUT2D eigenvalue weighted by atomic mass is 10.1. The van der Waals surface area contributed by atoms with E-state index in [-0.39, 0.29) is 17.7 Å². The van der Waals surface area contributed by atoms with Gasteiger partial charge in [0.05, 0.1) is 11.8 Å². The molecule has 7 nitrogen and oxygen atoms in total. The molecule has 2 rings (SSSR count). The van der Waals surface area contributed by atoms with E-state index in [0.29, 0.717) is 10.8 Å². The molecule has 0 aliphatic heterocycles. The van der Waals surface area contributed by atoms with Crippen LogP contribution in [-0.2, 0) is 4.79 Å². The number of aromatic nitrogens is 2. The van der Waals surface area contributed by atoms with E-state index in [4.69, 9.17) is 5.73 Å². The van der Waals surface area contributed by atoms with Crippen LogP contribution in [0.2, 0.25) is 0 Å². The molecule has 3 amide bonds. The van der Waals surface area contributed by atoms with Crippen LogP contribution in [0.15, 0.2) is 35.5 Å². The van der Waals surface area contributed by atoms with Crippen LogP contribution in [0.1, 0.15) is 29.9 Å². The number of aryl methyl sites for hydroxylation is 2. The molecule has 0 aliphatic rings. The molecule has 0 spiro atoms. The van der Waals surface area contributed by atoms with Crippen molar-refractivity contribution in [1.82, 2.24) is 15.3 Å². The molecule has 0 radical (unpaired) electrons. The van der Waals surface area contributed by atoms with Gasteiger partial charge in [0.25, 0.3) is 0 Å². The third kappa shape index (κ3) is 6.07. The van der Waals surface area contributed by atoms with E-state index in [1.165, 1.54) is 11.8 Å². The topological polar surface area (TPSA) is 110 Å². The number of primary amides is 1. The molecular formula is C17H21N5O2S. The highest BCUT2D eigenvalue weighted by Crippen LogP contribution is 2.17. The summed E-state index contributed by atoms with van der Waals surface area (Å²) in [7, 11) is 0. The molecule has 25 heavy (non-hydrogen) atoms. The van der Waals surface area contributed by atoms with Crippen LogP contribution in [0, 0.1) is 13.8 Å². The zero-order valence-electron chi connectivity index (χ0n) is 14.4. The Morgan fingerprint density at radius 3 is 2.32 bits per heavy atom. The number of nitrogens with two attached hydrogens (primary N) is 1. The molecule has 4 N–H and O–H groups in total. The highest BCUT2D eigenvalue weighted by molar-refractivity contribution is 7.99. The Bertz CT molecular complexity index is 744. The average molecular weight is 359 g/mol. The fourth-order valence-electron chi connectivity index (χ4n) is 2.25. The first-order chi connectivity index (χ1) is 11.8. The fraction of sp³-hybridized carbons (Fsp3) is 0.294. The standard InChI is InChI=1S/C17H21N5O2S/c1-10-8-11(2)20-17(19-10)25-9-15(23)21-12(3)13-4-6-14(7-5-13)22-16(18)24/h4-8,12H,9H2,1-3H3,(H,21,23)(H3,18,22,24)/t12-/m0/s1. The highest BCUT2D eigenvalue weighted by atomic mass is 32.2. The minimum Gasteiger partial charge on any atom is -0.351 e. The maximum Gasteiger partial charge on any atom is 0.316 e. The number of hydrogen-bond acceptors (Lipinski definition) is 5. The lowest BCUT2D eigenvalue weighted by molar-refractivity contribution is -0.119. The van der Waals surface area contributed by atoms with E-state index in [9.17, 15) is 9.59 Å². The monoisotopic (exact) mass is 359 g/mol. The number of carbonyl (C=O) groups excluding carboxylic acids is 2. The summed E-state index contributed by atoms with van der Waals surface area (Å²) in [6, 6.07) is 8.26. The molecule has 0 bridgehead atoms. The summed E-state index contributed by atoms with van der Waals surface area (Å²) in [5.74, 6) is 0.147. The summed E-state index contributed by atoms with van der Waals surface area (Å²) >= 11 is 1.31. The quantitative estimate of drug-likeness (QED) is 0.542. The Labute approximate surface area is 150 Å². The fourth-order valence-corrected chi connectivity index (χ4v) is 3.01. The third-order valence-electron chi connectivity index (χ3n) is 3.35. The van der Waals surface area contributed by atoms with E-state index in [0.717, 1.165) is 17.0 Å². The normalized spacial score (nSPS) is 11.6. The molecule has 8 heteroatoms. The summed E-state index contributed by atoms with van der Waals surface area (Å²) in [4.78, 5) is 31.5. The van der Waals surface area contributed by atoms with Crippen molar-refractivity contribution in [2.24, 2.45) is 5.73 Å². The molecule has 0 aliphatic carbocycles. The number of carbonyl (C=O) groups is 2. The second-order valence-corrected chi connectivity index (χ2v) is 6.56. The van der Waals surface area contributed by atoms with Crippen LogP contribution in [0.4, 0.5) is 10.5 Å². The molecule has 0 unspecified atom stereocenters. The first kappa shape index (κ1) is 18.7. The molecular weight excluding hydrogens is 338 g/mol. The minimum absolute atomic E-state index is 0.0976. The number of rotatable bonds is 6. The number of anilines is 1. The van der Waals surface area contributed by atoms with Gasteiger partial charge in [-0.05, 0) is 44.5 Å². The second-order valence-electron chi connectivity index (χ2n) is 5.62. The van der Waals surface area contributed by atoms with Gasteiger partial charge in [0.15, 0.2) is 5.16 Å². The van der Waals surface area contributed by atoms with Crippen LogP contribution < -0.4 is 16.4 Å². The maximum atomic E-state index is 12.1. The summed E-state index contributed by atoms with van der Waals surface area (Å²) < 4.78 is 0. The number of amides is 3. The van der Waals surface area contributed by atoms with Crippen LogP contribution in [0.3, 0.4) is 0 Å². The molecule has 0 saturated carbocycles. The van der Waals surface area contributed by atoms with E-state index in [1.807, 2.05) is 39.0 Å². The molecule has 1 atom stereocenters. The Kier molecular flexibility index (Phi) is 6.35. The Morgan fingerprint density at radius 2 is 1.76 bits per heavy atom. The molecule has 1 heterocycles. The van der Waals surface area contributed by atoms with Gasteiger partial charge >= 0.3 is 6.03 Å². The van der Waals surface area contributed by atoms with E-state index in [1.54, 1.807) is 12.1 Å². The lowest BCUT2D eigenvalue weighted by Crippen LogP contribution is -2.28. The third-order valence-corrected chi connectivity index (χ3v) is 4.20. The average Bonchev–Trinajstić information content (AvgIpc) is 2.52. The molecule has 2 aromatic rings. The number of benzene rings is 1. The molecule has 132 valence electrons. The predicted molar refractivity (Wildman–Crippen MR) is 98.4 cm³/mol. The van der Waals surface area contributed by atoms with Crippen molar-refractivity contribution >= 4 is 29.4 Å². The van der Waals surface area contributed by atoms with Gasteiger partial charge < -0.3 is 16.4 Å². The largest absolute Gasteiger partial charge is 0.351 e. The summed E-state index contributed by atoms with van der Waals surface area (Å²) in [6.07, 6.45) is 0. The van der Waals surface area contributed by atoms with Gasteiger partial charge in [-0.1, -0.05) is 23.9 Å². The summed E-state index contributed by atoms with van der Waals surface area (Å²) in [5.41, 5.74) is 8.37. The van der Waals surface area contributed by atoms with Crippen molar-refractivity contribution in [1.29, 1.82) is 0 Å². The van der Waals surface area contributed by atoms with Crippen molar-refractivity contribution in [2.75, 3.05) is 11.1 Å². The van der Waals surface area contributed by atoms with Gasteiger partial charge in [-0.15, -0.1) is 0 Å². The first-order valence-corrected chi connectivity index (χ1v) is 8.73. The van der Waals surface area contributed by atoms with Gasteiger partial charge in [-0.2, -0.15) is 0 Å². The zero-order chi connectivity index (χ0) is 18.4. The summed E-state index contributed by atoms with van der Waals surface area (Å²) in [5, 5.41) is 6.02. The Morgan fingerprint density at radius 1 is 1.16 bits per heavy atom. The molecule has 0 fully saturated rings. The van der Waals surface area contributed by atoms with E-state index in [2.05, 4.69) is 20.6 Å². The Balaban J connectivity index is 1.87. The number of hydrogen-bond donors (Lipinski definition) is 3. The van der Waals surface area contributed by atoms with Gasteiger partial charge in [-0.25, -0.2) is 14.8 Å². The Hall–Kier alpha value is -2.61. The van der Waals surface area contributed by atoms with Crippen molar-refractivity contribution in [2.45, 2.75) is 32.0 Å².